The van der Waals surface area contributed by atoms with E-state index in [0.717, 1.165) is 22.2 Å². The fraction of sp³-hybridized carbons (Fsp3) is 0.0800. The highest BCUT2D eigenvalue weighted by molar-refractivity contribution is 6.05. The van der Waals surface area contributed by atoms with Crippen molar-refractivity contribution in [3.8, 4) is 0 Å². The van der Waals surface area contributed by atoms with Gasteiger partial charge in [0.2, 0.25) is 0 Å². The number of carboxylic acid groups (broad SMARTS) is 1. The van der Waals surface area contributed by atoms with Crippen LogP contribution in [-0.2, 0) is 4.79 Å². The summed E-state index contributed by atoms with van der Waals surface area (Å²) >= 11 is 0. The van der Waals surface area contributed by atoms with Gasteiger partial charge in [0, 0.05) is 11.3 Å². The zero-order valence-corrected chi connectivity index (χ0v) is 16.7. The Kier molecular flexibility index (Phi) is 5.62. The maximum absolute atomic E-state index is 12.6. The minimum Gasteiger partial charge on any atom is -0.481 e. The summed E-state index contributed by atoms with van der Waals surface area (Å²) in [7, 11) is 0. The molecule has 0 saturated carbocycles. The molecule has 0 saturated heterocycles. The molecule has 2 N–H and O–H groups in total. The number of carboxylic acids is 1. The fourth-order valence-corrected chi connectivity index (χ4v) is 3.54. The van der Waals surface area contributed by atoms with Crippen molar-refractivity contribution < 1.29 is 14.7 Å². The number of imidazole rings is 1. The number of hydrogen-bond donors (Lipinski definition) is 2. The first-order chi connectivity index (χ1) is 15.0. The molecule has 1 amide bonds. The number of aromatic nitrogens is 2. The van der Waals surface area contributed by atoms with Crippen molar-refractivity contribution in [3.05, 3.63) is 102 Å². The molecule has 1 unspecified atom stereocenters. The van der Waals surface area contributed by atoms with Gasteiger partial charge >= 0.3 is 5.97 Å². The Morgan fingerprint density at radius 3 is 2.48 bits per heavy atom. The second kappa shape index (κ2) is 8.67. The Balaban J connectivity index is 1.67. The quantitative estimate of drug-likeness (QED) is 0.448. The van der Waals surface area contributed by atoms with Crippen LogP contribution >= 0.6 is 0 Å². The van der Waals surface area contributed by atoms with E-state index in [9.17, 15) is 14.7 Å². The Morgan fingerprint density at radius 1 is 1.06 bits per heavy atom. The molecular formula is C25H21N3O3. The Hall–Kier alpha value is -4.19. The molecule has 6 nitrogen and oxygen atoms in total. The minimum atomic E-state index is -0.900. The van der Waals surface area contributed by atoms with Gasteiger partial charge in [-0.2, -0.15) is 0 Å². The molecule has 6 heteroatoms. The number of nitrogens with zero attached hydrogens (tertiary/aromatic N) is 2. The molecule has 1 heterocycles. The Bertz CT molecular complexity index is 1240. The number of nitrogens with one attached hydrogen (secondary N) is 1. The number of hydrogen-bond acceptors (Lipinski definition) is 3. The van der Waals surface area contributed by atoms with E-state index in [1.165, 1.54) is 0 Å². The largest absolute Gasteiger partial charge is 0.481 e. The predicted molar refractivity (Wildman–Crippen MR) is 121 cm³/mol. The summed E-state index contributed by atoms with van der Waals surface area (Å²) in [6.07, 6.45) is 3.28. The summed E-state index contributed by atoms with van der Waals surface area (Å²) in [6.45, 7) is 3.71. The van der Waals surface area contributed by atoms with Crippen LogP contribution < -0.4 is 5.32 Å². The number of carbonyl (C=O) groups is 2. The molecule has 0 aliphatic carbocycles. The van der Waals surface area contributed by atoms with Crippen molar-refractivity contribution in [1.29, 1.82) is 0 Å². The van der Waals surface area contributed by atoms with E-state index < -0.39 is 12.0 Å². The van der Waals surface area contributed by atoms with Gasteiger partial charge in [0.15, 0.2) is 0 Å². The van der Waals surface area contributed by atoms with Gasteiger partial charge in [0.05, 0.1) is 29.8 Å². The summed E-state index contributed by atoms with van der Waals surface area (Å²) in [5.41, 5.74) is 4.42. The summed E-state index contributed by atoms with van der Waals surface area (Å²) in [6, 6.07) is 21.6. The van der Waals surface area contributed by atoms with E-state index in [-0.39, 0.29) is 12.3 Å². The van der Waals surface area contributed by atoms with Crippen molar-refractivity contribution in [2.45, 2.75) is 12.5 Å². The number of benzene rings is 3. The summed E-state index contributed by atoms with van der Waals surface area (Å²) in [5.74, 6) is -1.13. The van der Waals surface area contributed by atoms with Gasteiger partial charge in [-0.1, -0.05) is 55.1 Å². The van der Waals surface area contributed by atoms with Gasteiger partial charge in [-0.05, 0) is 41.5 Å². The number of carbonyl (C=O) groups excluding carboxylic acids is 1. The highest BCUT2D eigenvalue weighted by Gasteiger charge is 2.20. The maximum Gasteiger partial charge on any atom is 0.305 e. The third kappa shape index (κ3) is 4.38. The van der Waals surface area contributed by atoms with Crippen molar-refractivity contribution in [2.75, 3.05) is 5.32 Å². The van der Waals surface area contributed by atoms with Crippen LogP contribution in [0.2, 0.25) is 0 Å². The SMILES string of the molecule is C=Cc1ccc(C(=O)Nc2ccc3ncn(C(CC(=O)O)c4ccccc4)c3c2)cc1. The van der Waals surface area contributed by atoms with E-state index in [1.807, 2.05) is 59.2 Å². The normalized spacial score (nSPS) is 11.7. The van der Waals surface area contributed by atoms with Crippen LogP contribution in [0.25, 0.3) is 17.1 Å². The maximum atomic E-state index is 12.6. The van der Waals surface area contributed by atoms with Crippen molar-refractivity contribution in [2.24, 2.45) is 0 Å². The van der Waals surface area contributed by atoms with Gasteiger partial charge in [0.25, 0.3) is 5.91 Å². The molecule has 3 aromatic carbocycles. The standard InChI is InChI=1S/C25H21N3O3/c1-2-17-8-10-19(11-9-17)25(31)27-20-12-13-21-23(14-20)28(16-26-21)22(15-24(29)30)18-6-4-3-5-7-18/h2-14,16,22H,1,15H2,(H,27,31)(H,29,30). The fourth-order valence-electron chi connectivity index (χ4n) is 3.54. The molecule has 0 aliphatic rings. The van der Waals surface area contributed by atoms with Crippen LogP contribution in [0.4, 0.5) is 5.69 Å². The second-order valence-electron chi connectivity index (χ2n) is 7.16. The zero-order chi connectivity index (χ0) is 21.8. The molecule has 0 fully saturated rings. The molecule has 31 heavy (non-hydrogen) atoms. The number of amides is 1. The number of fused-ring (bicyclic) bond motifs is 1. The average molecular weight is 411 g/mol. The molecule has 4 aromatic rings. The molecule has 0 radical (unpaired) electrons. The molecule has 4 rings (SSSR count). The highest BCUT2D eigenvalue weighted by Crippen LogP contribution is 2.28. The monoisotopic (exact) mass is 411 g/mol. The average Bonchev–Trinajstić information content (AvgIpc) is 3.21. The molecule has 1 aromatic heterocycles. The van der Waals surface area contributed by atoms with E-state index in [4.69, 9.17) is 0 Å². The molecule has 0 aliphatic heterocycles. The summed E-state index contributed by atoms with van der Waals surface area (Å²) < 4.78 is 1.84. The summed E-state index contributed by atoms with van der Waals surface area (Å²) in [4.78, 5) is 28.6. The first-order valence-electron chi connectivity index (χ1n) is 9.82. The number of anilines is 1. The summed E-state index contributed by atoms with van der Waals surface area (Å²) in [5, 5.41) is 12.4. The second-order valence-corrected chi connectivity index (χ2v) is 7.16. The van der Waals surface area contributed by atoms with Crippen LogP contribution in [0, 0.1) is 0 Å². The first-order valence-corrected chi connectivity index (χ1v) is 9.82. The Morgan fingerprint density at radius 2 is 1.81 bits per heavy atom. The van der Waals surface area contributed by atoms with Crippen molar-refractivity contribution >= 4 is 34.7 Å². The van der Waals surface area contributed by atoms with Gasteiger partial charge in [-0.15, -0.1) is 0 Å². The molecule has 154 valence electrons. The molecule has 0 bridgehead atoms. The lowest BCUT2D eigenvalue weighted by molar-refractivity contribution is -0.137. The van der Waals surface area contributed by atoms with E-state index in [2.05, 4.69) is 16.9 Å². The molecular weight excluding hydrogens is 390 g/mol. The lowest BCUT2D eigenvalue weighted by Crippen LogP contribution is -2.15. The third-order valence-corrected chi connectivity index (χ3v) is 5.13. The van der Waals surface area contributed by atoms with E-state index in [0.29, 0.717) is 11.3 Å². The lowest BCUT2D eigenvalue weighted by Gasteiger charge is -2.18. The third-order valence-electron chi connectivity index (χ3n) is 5.13. The van der Waals surface area contributed by atoms with Crippen LogP contribution in [-0.4, -0.2) is 26.5 Å². The van der Waals surface area contributed by atoms with Crippen molar-refractivity contribution in [1.82, 2.24) is 9.55 Å². The van der Waals surface area contributed by atoms with E-state index >= 15 is 0 Å². The highest BCUT2D eigenvalue weighted by atomic mass is 16.4. The van der Waals surface area contributed by atoms with Gasteiger partial charge in [-0.25, -0.2) is 4.98 Å². The van der Waals surface area contributed by atoms with Crippen LogP contribution in [0.1, 0.15) is 33.9 Å². The van der Waals surface area contributed by atoms with Crippen LogP contribution in [0.5, 0.6) is 0 Å². The number of rotatable bonds is 7. The van der Waals surface area contributed by atoms with Gasteiger partial charge in [-0.3, -0.25) is 9.59 Å². The van der Waals surface area contributed by atoms with Crippen LogP contribution in [0.15, 0.2) is 85.7 Å². The molecule has 0 spiro atoms. The lowest BCUT2D eigenvalue weighted by atomic mass is 10.0. The smallest absolute Gasteiger partial charge is 0.305 e. The van der Waals surface area contributed by atoms with Gasteiger partial charge < -0.3 is 15.0 Å². The first kappa shape index (κ1) is 20.1. The zero-order valence-electron chi connectivity index (χ0n) is 16.7. The van der Waals surface area contributed by atoms with E-state index in [1.54, 1.807) is 30.6 Å². The number of aliphatic carboxylic acids is 1. The predicted octanol–water partition coefficient (Wildman–Crippen LogP) is 5.00. The molecule has 1 atom stereocenters. The van der Waals surface area contributed by atoms with Crippen molar-refractivity contribution in [3.63, 3.8) is 0 Å². The van der Waals surface area contributed by atoms with Gasteiger partial charge in [0.1, 0.15) is 0 Å². The van der Waals surface area contributed by atoms with Crippen LogP contribution in [0.3, 0.4) is 0 Å². The topological polar surface area (TPSA) is 84.2 Å². The minimum absolute atomic E-state index is 0.0816. The Labute approximate surface area is 179 Å².